The zero-order valence-corrected chi connectivity index (χ0v) is 10.4. The van der Waals surface area contributed by atoms with Crippen molar-refractivity contribution in [3.8, 4) is 0 Å². The van der Waals surface area contributed by atoms with Crippen molar-refractivity contribution in [2.24, 2.45) is 5.73 Å². The van der Waals surface area contributed by atoms with Crippen molar-refractivity contribution in [1.82, 2.24) is 9.88 Å². The summed E-state index contributed by atoms with van der Waals surface area (Å²) >= 11 is 0. The highest BCUT2D eigenvalue weighted by molar-refractivity contribution is 5.84. The molecule has 3 rings (SSSR count). The fourth-order valence-electron chi connectivity index (χ4n) is 2.75. The maximum Gasteiger partial charge on any atom is 0.0789 e. The van der Waals surface area contributed by atoms with Gasteiger partial charge in [0.15, 0.2) is 0 Å². The number of aromatic nitrogens is 1. The molecule has 0 amide bonds. The van der Waals surface area contributed by atoms with Crippen LogP contribution in [0.5, 0.6) is 0 Å². The Bertz CT molecular complexity index is 549. The van der Waals surface area contributed by atoms with Gasteiger partial charge < -0.3 is 15.8 Å². The number of nitrogens with two attached hydrogens (primary N) is 1. The van der Waals surface area contributed by atoms with E-state index in [4.69, 9.17) is 5.73 Å². The van der Waals surface area contributed by atoms with Crippen molar-refractivity contribution >= 4 is 10.9 Å². The van der Waals surface area contributed by atoms with Crippen LogP contribution in [0.2, 0.25) is 0 Å². The summed E-state index contributed by atoms with van der Waals surface area (Å²) in [5, 5.41) is 11.0. The molecular weight excluding hydrogens is 226 g/mol. The van der Waals surface area contributed by atoms with Crippen LogP contribution in [0.3, 0.4) is 0 Å². The molecule has 0 fully saturated rings. The van der Waals surface area contributed by atoms with Gasteiger partial charge in [-0.1, -0.05) is 18.2 Å². The number of rotatable bonds is 3. The number of aliphatic hydroxyl groups is 1. The molecule has 1 unspecified atom stereocenters. The lowest BCUT2D eigenvalue weighted by atomic mass is 10.0. The Morgan fingerprint density at radius 2 is 2.22 bits per heavy atom. The van der Waals surface area contributed by atoms with Gasteiger partial charge in [-0.3, -0.25) is 4.90 Å². The molecule has 2 heterocycles. The molecule has 1 aliphatic heterocycles. The average Bonchev–Trinajstić information content (AvgIpc) is 2.77. The van der Waals surface area contributed by atoms with Crippen LogP contribution in [-0.2, 0) is 13.0 Å². The molecule has 0 aliphatic carbocycles. The molecule has 2 aromatic rings. The van der Waals surface area contributed by atoms with Gasteiger partial charge in [-0.2, -0.15) is 0 Å². The number of aromatic amines is 1. The lowest BCUT2D eigenvalue weighted by Gasteiger charge is -2.28. The van der Waals surface area contributed by atoms with E-state index in [-0.39, 0.29) is 0 Å². The fraction of sp³-hybridized carbons (Fsp3) is 0.429. The van der Waals surface area contributed by atoms with E-state index in [1.54, 1.807) is 0 Å². The number of nitrogens with one attached hydrogen (secondary N) is 1. The van der Waals surface area contributed by atoms with Gasteiger partial charge in [0.1, 0.15) is 0 Å². The maximum absolute atomic E-state index is 9.65. The Morgan fingerprint density at radius 1 is 1.39 bits per heavy atom. The van der Waals surface area contributed by atoms with Crippen LogP contribution in [0, 0.1) is 0 Å². The molecular formula is C14H19N3O. The molecule has 0 spiro atoms. The monoisotopic (exact) mass is 245 g/mol. The summed E-state index contributed by atoms with van der Waals surface area (Å²) < 4.78 is 0. The second-order valence-electron chi connectivity index (χ2n) is 5.00. The average molecular weight is 245 g/mol. The first-order valence-corrected chi connectivity index (χ1v) is 6.47. The number of nitrogens with zero attached hydrogens (tertiary/aromatic N) is 1. The van der Waals surface area contributed by atoms with Crippen LogP contribution in [0.4, 0.5) is 0 Å². The highest BCUT2D eigenvalue weighted by atomic mass is 16.3. The number of H-pyrrole nitrogens is 1. The van der Waals surface area contributed by atoms with Crippen molar-refractivity contribution in [2.45, 2.75) is 19.1 Å². The third-order valence-corrected chi connectivity index (χ3v) is 3.70. The van der Waals surface area contributed by atoms with Gasteiger partial charge in [0.2, 0.25) is 0 Å². The van der Waals surface area contributed by atoms with Crippen molar-refractivity contribution in [1.29, 1.82) is 0 Å². The maximum atomic E-state index is 9.65. The van der Waals surface area contributed by atoms with Gasteiger partial charge in [-0.15, -0.1) is 0 Å². The summed E-state index contributed by atoms with van der Waals surface area (Å²) in [6.07, 6.45) is 0.596. The highest BCUT2D eigenvalue weighted by Gasteiger charge is 2.21. The predicted octanol–water partition coefficient (Wildman–Crippen LogP) is 0.846. The smallest absolute Gasteiger partial charge is 0.0789 e. The number of para-hydroxylation sites is 1. The van der Waals surface area contributed by atoms with Gasteiger partial charge in [0.25, 0.3) is 0 Å². The van der Waals surface area contributed by atoms with Crippen LogP contribution >= 0.6 is 0 Å². The van der Waals surface area contributed by atoms with Crippen LogP contribution in [0.1, 0.15) is 11.3 Å². The Morgan fingerprint density at radius 3 is 3.06 bits per heavy atom. The molecule has 4 nitrogen and oxygen atoms in total. The number of benzene rings is 1. The molecule has 96 valence electrons. The lowest BCUT2D eigenvalue weighted by Crippen LogP contribution is -2.39. The van der Waals surface area contributed by atoms with Gasteiger partial charge in [-0.05, 0) is 11.6 Å². The Balaban J connectivity index is 1.87. The third kappa shape index (κ3) is 2.03. The van der Waals surface area contributed by atoms with E-state index in [0.717, 1.165) is 19.5 Å². The normalized spacial score (nSPS) is 17.9. The molecule has 4 N–H and O–H groups in total. The first-order chi connectivity index (χ1) is 8.78. The van der Waals surface area contributed by atoms with Crippen molar-refractivity contribution in [3.63, 3.8) is 0 Å². The molecule has 0 bridgehead atoms. The van der Waals surface area contributed by atoms with Gasteiger partial charge >= 0.3 is 0 Å². The summed E-state index contributed by atoms with van der Waals surface area (Å²) in [6, 6.07) is 8.41. The van der Waals surface area contributed by atoms with Gasteiger partial charge in [-0.25, -0.2) is 0 Å². The predicted molar refractivity (Wildman–Crippen MR) is 72.3 cm³/mol. The summed E-state index contributed by atoms with van der Waals surface area (Å²) in [7, 11) is 0. The molecule has 0 saturated carbocycles. The van der Waals surface area contributed by atoms with Crippen molar-refractivity contribution < 1.29 is 5.11 Å². The number of aliphatic hydroxyl groups excluding tert-OH is 1. The zero-order chi connectivity index (χ0) is 12.5. The molecule has 1 aromatic heterocycles. The Hall–Kier alpha value is -1.36. The molecule has 18 heavy (non-hydrogen) atoms. The van der Waals surface area contributed by atoms with Crippen LogP contribution in [-0.4, -0.2) is 40.7 Å². The standard InChI is InChI=1S/C14H19N3O/c15-7-10(18)8-17-6-5-14-12(9-17)11-3-1-2-4-13(11)16-14/h1-4,10,16,18H,5-9,15H2. The minimum absolute atomic E-state index is 0.331. The van der Waals surface area contributed by atoms with Crippen LogP contribution < -0.4 is 5.73 Å². The van der Waals surface area contributed by atoms with Crippen LogP contribution in [0.25, 0.3) is 10.9 Å². The molecule has 1 atom stereocenters. The molecule has 4 heteroatoms. The quantitative estimate of drug-likeness (QED) is 0.751. The SMILES string of the molecule is NCC(O)CN1CCc2[nH]c3ccccc3c2C1. The second-order valence-corrected chi connectivity index (χ2v) is 5.00. The summed E-state index contributed by atoms with van der Waals surface area (Å²) in [5.41, 5.74) is 9.40. The Kier molecular flexibility index (Phi) is 3.07. The topological polar surface area (TPSA) is 65.3 Å². The summed E-state index contributed by atoms with van der Waals surface area (Å²) in [4.78, 5) is 5.77. The fourth-order valence-corrected chi connectivity index (χ4v) is 2.75. The van der Waals surface area contributed by atoms with Crippen molar-refractivity contribution in [2.75, 3.05) is 19.6 Å². The second kappa shape index (κ2) is 4.72. The van der Waals surface area contributed by atoms with E-state index < -0.39 is 6.10 Å². The van der Waals surface area contributed by atoms with Gasteiger partial charge in [0.05, 0.1) is 6.10 Å². The highest BCUT2D eigenvalue weighted by Crippen LogP contribution is 2.27. The van der Waals surface area contributed by atoms with E-state index in [1.807, 2.05) is 0 Å². The lowest BCUT2D eigenvalue weighted by molar-refractivity contribution is 0.111. The number of fused-ring (bicyclic) bond motifs is 3. The molecule has 0 radical (unpaired) electrons. The van der Waals surface area contributed by atoms with E-state index in [1.165, 1.54) is 22.2 Å². The number of hydrogen-bond acceptors (Lipinski definition) is 3. The summed E-state index contributed by atoms with van der Waals surface area (Å²) in [6.45, 7) is 2.87. The minimum atomic E-state index is -0.420. The van der Waals surface area contributed by atoms with Crippen molar-refractivity contribution in [3.05, 3.63) is 35.5 Å². The van der Waals surface area contributed by atoms with E-state index in [9.17, 15) is 5.11 Å². The first kappa shape index (κ1) is 11.7. The molecule has 1 aromatic carbocycles. The molecule has 1 aliphatic rings. The van der Waals surface area contributed by atoms with Gasteiger partial charge in [0, 0.05) is 49.2 Å². The summed E-state index contributed by atoms with van der Waals surface area (Å²) in [5.74, 6) is 0. The largest absolute Gasteiger partial charge is 0.390 e. The first-order valence-electron chi connectivity index (χ1n) is 6.47. The van der Waals surface area contributed by atoms with E-state index in [2.05, 4.69) is 34.1 Å². The van der Waals surface area contributed by atoms with Crippen LogP contribution in [0.15, 0.2) is 24.3 Å². The molecule has 0 saturated heterocycles. The number of hydrogen-bond donors (Lipinski definition) is 3. The van der Waals surface area contributed by atoms with E-state index >= 15 is 0 Å². The Labute approximate surface area is 106 Å². The van der Waals surface area contributed by atoms with E-state index in [0.29, 0.717) is 13.1 Å². The third-order valence-electron chi connectivity index (χ3n) is 3.70. The number of β-amino-alcohol motifs (C(OH)–C–C–N with tert-alkyl or cyclic N) is 1. The minimum Gasteiger partial charge on any atom is -0.390 e. The zero-order valence-electron chi connectivity index (χ0n) is 10.4.